The van der Waals surface area contributed by atoms with Crippen molar-refractivity contribution in [1.29, 1.82) is 0 Å². The second-order valence-electron chi connectivity index (χ2n) is 12.2. The van der Waals surface area contributed by atoms with E-state index in [9.17, 15) is 18.0 Å². The molecule has 9 heteroatoms. The van der Waals surface area contributed by atoms with Gasteiger partial charge in [-0.05, 0) is 70.0 Å². The van der Waals surface area contributed by atoms with Crippen molar-refractivity contribution >= 4 is 27.5 Å². The minimum absolute atomic E-state index is 0.0329. The molecule has 0 aliphatic carbocycles. The molecule has 8 nitrogen and oxygen atoms in total. The number of ether oxygens (including phenoxy) is 1. The summed E-state index contributed by atoms with van der Waals surface area (Å²) in [5.41, 5.74) is 2.40. The van der Waals surface area contributed by atoms with Gasteiger partial charge in [-0.3, -0.25) is 13.9 Å². The van der Waals surface area contributed by atoms with Crippen molar-refractivity contribution in [1.82, 2.24) is 10.2 Å². The Labute approximate surface area is 273 Å². The number of para-hydroxylation sites is 2. The topological polar surface area (TPSA) is 96.0 Å². The highest BCUT2D eigenvalue weighted by atomic mass is 32.2. The van der Waals surface area contributed by atoms with E-state index in [2.05, 4.69) is 5.32 Å². The summed E-state index contributed by atoms with van der Waals surface area (Å²) >= 11 is 0. The number of benzene rings is 4. The first-order valence-corrected chi connectivity index (χ1v) is 16.8. The van der Waals surface area contributed by atoms with E-state index in [1.54, 1.807) is 42.5 Å². The van der Waals surface area contributed by atoms with Crippen LogP contribution in [0.4, 0.5) is 5.69 Å². The largest absolute Gasteiger partial charge is 0.492 e. The van der Waals surface area contributed by atoms with Crippen molar-refractivity contribution < 1.29 is 22.7 Å². The molecule has 0 radical (unpaired) electrons. The highest BCUT2D eigenvalue weighted by Crippen LogP contribution is 2.33. The van der Waals surface area contributed by atoms with Crippen LogP contribution in [0.3, 0.4) is 0 Å². The van der Waals surface area contributed by atoms with Gasteiger partial charge in [-0.2, -0.15) is 0 Å². The summed E-state index contributed by atoms with van der Waals surface area (Å²) in [6.45, 7) is 9.28. The van der Waals surface area contributed by atoms with E-state index in [4.69, 9.17) is 4.74 Å². The van der Waals surface area contributed by atoms with E-state index in [-0.39, 0.29) is 29.5 Å². The van der Waals surface area contributed by atoms with Crippen molar-refractivity contribution in [2.24, 2.45) is 0 Å². The molecule has 4 aromatic carbocycles. The Morgan fingerprint density at radius 3 is 2.00 bits per heavy atom. The average molecular weight is 642 g/mol. The summed E-state index contributed by atoms with van der Waals surface area (Å²) < 4.78 is 35.4. The van der Waals surface area contributed by atoms with Gasteiger partial charge in [0.15, 0.2) is 0 Å². The summed E-state index contributed by atoms with van der Waals surface area (Å²) in [5, 5.41) is 3.05. The maximum Gasteiger partial charge on any atom is 0.264 e. The van der Waals surface area contributed by atoms with Crippen LogP contribution < -0.4 is 14.4 Å². The van der Waals surface area contributed by atoms with Gasteiger partial charge in [0.2, 0.25) is 11.8 Å². The molecular formula is C37H43N3O5S. The van der Waals surface area contributed by atoms with Gasteiger partial charge in [0.1, 0.15) is 18.3 Å². The average Bonchev–Trinajstić information content (AvgIpc) is 3.03. The number of hydrogen-bond acceptors (Lipinski definition) is 5. The summed E-state index contributed by atoms with van der Waals surface area (Å²) in [6, 6.07) is 31.0. The van der Waals surface area contributed by atoms with Crippen LogP contribution in [-0.2, 0) is 32.6 Å². The second-order valence-corrected chi connectivity index (χ2v) is 14.0. The molecule has 0 aromatic heterocycles. The summed E-state index contributed by atoms with van der Waals surface area (Å²) in [6.07, 6.45) is 0.237. The zero-order valence-corrected chi connectivity index (χ0v) is 28.0. The first kappa shape index (κ1) is 34.2. The molecule has 0 aliphatic heterocycles. The van der Waals surface area contributed by atoms with E-state index < -0.39 is 34.1 Å². The fourth-order valence-electron chi connectivity index (χ4n) is 5.07. The van der Waals surface area contributed by atoms with Gasteiger partial charge in [0.25, 0.3) is 10.0 Å². The van der Waals surface area contributed by atoms with Crippen molar-refractivity contribution in [2.75, 3.05) is 17.5 Å². The molecule has 0 aliphatic rings. The van der Waals surface area contributed by atoms with Gasteiger partial charge in [-0.25, -0.2) is 8.42 Å². The van der Waals surface area contributed by atoms with Crippen LogP contribution in [-0.4, -0.2) is 49.9 Å². The summed E-state index contributed by atoms with van der Waals surface area (Å²) in [7, 11) is -4.23. The van der Waals surface area contributed by atoms with Gasteiger partial charge < -0.3 is 15.0 Å². The van der Waals surface area contributed by atoms with Crippen molar-refractivity contribution in [3.63, 3.8) is 0 Å². The molecule has 1 N–H and O–H groups in total. The van der Waals surface area contributed by atoms with Crippen molar-refractivity contribution in [3.8, 4) is 5.75 Å². The predicted octanol–water partition coefficient (Wildman–Crippen LogP) is 6.14. The lowest BCUT2D eigenvalue weighted by Crippen LogP contribution is -2.56. The molecule has 0 saturated carbocycles. The van der Waals surface area contributed by atoms with Crippen LogP contribution in [0.2, 0.25) is 0 Å². The molecule has 242 valence electrons. The monoisotopic (exact) mass is 641 g/mol. The molecule has 0 spiro atoms. The maximum atomic E-state index is 14.6. The van der Waals surface area contributed by atoms with E-state index in [1.807, 2.05) is 89.2 Å². The number of amides is 2. The Kier molecular flexibility index (Phi) is 11.2. The van der Waals surface area contributed by atoms with Gasteiger partial charge >= 0.3 is 0 Å². The second kappa shape index (κ2) is 15.1. The first-order chi connectivity index (χ1) is 21.9. The Balaban J connectivity index is 1.84. The number of sulfonamides is 1. The van der Waals surface area contributed by atoms with Gasteiger partial charge in [0.05, 0.1) is 17.2 Å². The number of rotatable bonds is 13. The number of hydrogen-bond donors (Lipinski definition) is 1. The predicted molar refractivity (Wildman–Crippen MR) is 182 cm³/mol. The van der Waals surface area contributed by atoms with Crippen LogP contribution in [0.25, 0.3) is 0 Å². The molecule has 0 bridgehead atoms. The van der Waals surface area contributed by atoms with Crippen molar-refractivity contribution in [3.05, 3.63) is 126 Å². The zero-order chi connectivity index (χ0) is 33.3. The van der Waals surface area contributed by atoms with E-state index >= 15 is 0 Å². The molecular weight excluding hydrogens is 598 g/mol. The first-order valence-electron chi connectivity index (χ1n) is 15.4. The number of anilines is 1. The van der Waals surface area contributed by atoms with Crippen LogP contribution in [0.15, 0.2) is 114 Å². The van der Waals surface area contributed by atoms with E-state index in [1.165, 1.54) is 17.0 Å². The smallest absolute Gasteiger partial charge is 0.264 e. The number of carbonyl (C=O) groups excluding carboxylic acids is 2. The van der Waals surface area contributed by atoms with Crippen LogP contribution in [0.1, 0.15) is 44.4 Å². The molecule has 4 rings (SSSR count). The standard InChI is InChI=1S/C37H43N3O5S/c1-6-45-34-20-14-13-19-32(34)40(46(43,44)31-17-11-8-12-18-31)27-35(41)39(26-30-23-21-28(2)22-24-30)33(36(42)38-37(3,4)5)25-29-15-9-7-10-16-29/h7-24,33H,6,25-27H2,1-5H3,(H,38,42)/t33-/m1/s1. The van der Waals surface area contributed by atoms with E-state index in [0.29, 0.717) is 12.4 Å². The normalized spacial score (nSPS) is 12.2. The summed E-state index contributed by atoms with van der Waals surface area (Å²) in [5.74, 6) is -0.533. The van der Waals surface area contributed by atoms with Gasteiger partial charge in [0, 0.05) is 18.5 Å². The maximum absolute atomic E-state index is 14.6. The number of aryl methyl sites for hydroxylation is 1. The molecule has 1 atom stereocenters. The van der Waals surface area contributed by atoms with E-state index in [0.717, 1.165) is 21.0 Å². The number of nitrogens with zero attached hydrogens (tertiary/aromatic N) is 2. The molecule has 0 saturated heterocycles. The number of carbonyl (C=O) groups is 2. The van der Waals surface area contributed by atoms with Gasteiger partial charge in [-0.1, -0.05) is 90.5 Å². The molecule has 46 heavy (non-hydrogen) atoms. The Hall–Kier alpha value is -4.63. The van der Waals surface area contributed by atoms with Crippen molar-refractivity contribution in [2.45, 2.75) is 64.1 Å². The summed E-state index contributed by atoms with van der Waals surface area (Å²) in [4.78, 5) is 30.2. The third-order valence-electron chi connectivity index (χ3n) is 7.29. The molecule has 0 unspecified atom stereocenters. The quantitative estimate of drug-likeness (QED) is 0.189. The minimum Gasteiger partial charge on any atom is -0.492 e. The fraction of sp³-hybridized carbons (Fsp3) is 0.297. The third-order valence-corrected chi connectivity index (χ3v) is 9.06. The fourth-order valence-corrected chi connectivity index (χ4v) is 6.52. The highest BCUT2D eigenvalue weighted by molar-refractivity contribution is 7.92. The molecule has 4 aromatic rings. The molecule has 2 amide bonds. The SMILES string of the molecule is CCOc1ccccc1N(CC(=O)N(Cc1ccc(C)cc1)[C@H](Cc1ccccc1)C(=O)NC(C)(C)C)S(=O)(=O)c1ccccc1. The van der Waals surface area contributed by atoms with Crippen LogP contribution >= 0.6 is 0 Å². The lowest BCUT2D eigenvalue weighted by atomic mass is 10.0. The lowest BCUT2D eigenvalue weighted by Gasteiger charge is -2.35. The number of nitrogens with one attached hydrogen (secondary N) is 1. The lowest BCUT2D eigenvalue weighted by molar-refractivity contribution is -0.140. The Morgan fingerprint density at radius 2 is 1.39 bits per heavy atom. The van der Waals surface area contributed by atoms with Gasteiger partial charge in [-0.15, -0.1) is 0 Å². The molecule has 0 fully saturated rings. The molecule has 0 heterocycles. The highest BCUT2D eigenvalue weighted by Gasteiger charge is 2.36. The van der Waals surface area contributed by atoms with Crippen LogP contribution in [0.5, 0.6) is 5.75 Å². The third kappa shape index (κ3) is 8.97. The van der Waals surface area contributed by atoms with Crippen LogP contribution in [0, 0.1) is 6.92 Å². The minimum atomic E-state index is -4.23. The zero-order valence-electron chi connectivity index (χ0n) is 27.1. The Morgan fingerprint density at radius 1 is 0.804 bits per heavy atom. The Bertz CT molecular complexity index is 1700.